The van der Waals surface area contributed by atoms with Crippen molar-refractivity contribution in [1.82, 2.24) is 10.2 Å². The Morgan fingerprint density at radius 1 is 0.929 bits per heavy atom. The Labute approximate surface area is 168 Å². The van der Waals surface area contributed by atoms with Gasteiger partial charge in [0.25, 0.3) is 0 Å². The fraction of sp³-hybridized carbons (Fsp3) is 0.500. The van der Waals surface area contributed by atoms with Gasteiger partial charge in [0.15, 0.2) is 0 Å². The number of nitrogens with zero attached hydrogens (tertiary/aromatic N) is 1. The molecule has 1 N–H and O–H groups in total. The van der Waals surface area contributed by atoms with E-state index in [1.165, 1.54) is 24.3 Å². The van der Waals surface area contributed by atoms with Gasteiger partial charge in [-0.05, 0) is 60.7 Å². The zero-order valence-electron chi connectivity index (χ0n) is 17.0. The molecule has 1 unspecified atom stereocenters. The van der Waals surface area contributed by atoms with Gasteiger partial charge in [-0.1, -0.05) is 44.5 Å². The number of rotatable bonds is 8. The first-order chi connectivity index (χ1) is 13.5. The molecular formula is C24H32F2N2. The SMILES string of the molecule is CC(C)C1CN(CCCCC(c2ccc(F)cc2)c2ccc(F)cc2)CCN1. The molecule has 2 aromatic carbocycles. The van der Waals surface area contributed by atoms with Crippen LogP contribution >= 0.6 is 0 Å². The predicted octanol–water partition coefficient (Wildman–Crippen LogP) is 5.20. The molecule has 1 fully saturated rings. The van der Waals surface area contributed by atoms with Gasteiger partial charge in [-0.2, -0.15) is 0 Å². The van der Waals surface area contributed by atoms with Gasteiger partial charge in [0.2, 0.25) is 0 Å². The minimum absolute atomic E-state index is 0.174. The van der Waals surface area contributed by atoms with Crippen LogP contribution in [-0.4, -0.2) is 37.1 Å². The van der Waals surface area contributed by atoms with Crippen molar-refractivity contribution in [3.05, 3.63) is 71.3 Å². The summed E-state index contributed by atoms with van der Waals surface area (Å²) < 4.78 is 26.7. The first kappa shape index (κ1) is 20.9. The number of hydrogen-bond acceptors (Lipinski definition) is 2. The van der Waals surface area contributed by atoms with Gasteiger partial charge in [0, 0.05) is 31.6 Å². The second kappa shape index (κ2) is 10.1. The number of nitrogens with one attached hydrogen (secondary N) is 1. The van der Waals surface area contributed by atoms with Crippen molar-refractivity contribution >= 4 is 0 Å². The fourth-order valence-corrected chi connectivity index (χ4v) is 4.09. The van der Waals surface area contributed by atoms with Crippen molar-refractivity contribution in [3.8, 4) is 0 Å². The summed E-state index contributed by atoms with van der Waals surface area (Å²) >= 11 is 0. The van der Waals surface area contributed by atoms with Gasteiger partial charge in [-0.25, -0.2) is 8.78 Å². The Bertz CT molecular complexity index is 667. The standard InChI is InChI=1S/C24H32F2N2/c1-18(2)24-17-28(16-14-27-24)15-4-3-5-23(19-6-10-21(25)11-7-19)20-8-12-22(26)13-9-20/h6-13,18,23-24,27H,3-5,14-17H2,1-2H3. The highest BCUT2D eigenvalue weighted by Gasteiger charge is 2.21. The zero-order valence-corrected chi connectivity index (χ0v) is 17.0. The van der Waals surface area contributed by atoms with E-state index in [0.717, 1.165) is 56.6 Å². The highest BCUT2D eigenvalue weighted by Crippen LogP contribution is 2.30. The van der Waals surface area contributed by atoms with Gasteiger partial charge < -0.3 is 10.2 Å². The molecule has 2 aromatic rings. The molecule has 1 heterocycles. The average Bonchev–Trinajstić information content (AvgIpc) is 2.70. The summed E-state index contributed by atoms with van der Waals surface area (Å²) in [5, 5.41) is 3.61. The van der Waals surface area contributed by atoms with Gasteiger partial charge in [0.05, 0.1) is 0 Å². The van der Waals surface area contributed by atoms with E-state index in [1.807, 2.05) is 24.3 Å². The molecule has 4 heteroatoms. The zero-order chi connectivity index (χ0) is 19.9. The maximum absolute atomic E-state index is 13.3. The Morgan fingerprint density at radius 3 is 2.04 bits per heavy atom. The first-order valence-corrected chi connectivity index (χ1v) is 10.5. The summed E-state index contributed by atoms with van der Waals surface area (Å²) in [5.41, 5.74) is 2.19. The van der Waals surface area contributed by atoms with Gasteiger partial charge in [-0.3, -0.25) is 0 Å². The molecule has 0 aromatic heterocycles. The van der Waals surface area contributed by atoms with Crippen LogP contribution in [0, 0.1) is 17.6 Å². The second-order valence-electron chi connectivity index (χ2n) is 8.26. The third kappa shape index (κ3) is 5.86. The molecule has 0 radical (unpaired) electrons. The largest absolute Gasteiger partial charge is 0.311 e. The van der Waals surface area contributed by atoms with E-state index < -0.39 is 0 Å². The van der Waals surface area contributed by atoms with Crippen molar-refractivity contribution in [2.45, 2.75) is 45.1 Å². The lowest BCUT2D eigenvalue weighted by Crippen LogP contribution is -2.52. The van der Waals surface area contributed by atoms with Crippen LogP contribution in [0.3, 0.4) is 0 Å². The van der Waals surface area contributed by atoms with E-state index in [-0.39, 0.29) is 17.6 Å². The summed E-state index contributed by atoms with van der Waals surface area (Å²) in [4.78, 5) is 2.56. The van der Waals surface area contributed by atoms with Crippen LogP contribution in [0.2, 0.25) is 0 Å². The number of benzene rings is 2. The number of hydrogen-bond donors (Lipinski definition) is 1. The average molecular weight is 387 g/mol. The van der Waals surface area contributed by atoms with Crippen molar-refractivity contribution in [2.24, 2.45) is 5.92 Å². The molecule has 28 heavy (non-hydrogen) atoms. The Balaban J connectivity index is 1.57. The molecule has 1 aliphatic rings. The molecule has 0 amide bonds. The minimum Gasteiger partial charge on any atom is -0.311 e. The van der Waals surface area contributed by atoms with E-state index in [4.69, 9.17) is 0 Å². The van der Waals surface area contributed by atoms with Crippen LogP contribution in [0.1, 0.15) is 50.2 Å². The molecular weight excluding hydrogens is 354 g/mol. The van der Waals surface area contributed by atoms with E-state index >= 15 is 0 Å². The van der Waals surface area contributed by atoms with Gasteiger partial charge in [-0.15, -0.1) is 0 Å². The van der Waals surface area contributed by atoms with Gasteiger partial charge >= 0.3 is 0 Å². The van der Waals surface area contributed by atoms with E-state index in [1.54, 1.807) is 0 Å². The van der Waals surface area contributed by atoms with E-state index in [2.05, 4.69) is 24.1 Å². The molecule has 1 atom stereocenters. The maximum Gasteiger partial charge on any atom is 0.123 e. The summed E-state index contributed by atoms with van der Waals surface area (Å²) in [6.45, 7) is 8.97. The number of piperazine rings is 1. The number of unbranched alkanes of at least 4 members (excludes halogenated alkanes) is 1. The lowest BCUT2D eigenvalue weighted by atomic mass is 9.87. The van der Waals surface area contributed by atoms with Crippen LogP contribution in [0.5, 0.6) is 0 Å². The summed E-state index contributed by atoms with van der Waals surface area (Å²) in [6.07, 6.45) is 3.22. The van der Waals surface area contributed by atoms with Crippen LogP contribution in [0.15, 0.2) is 48.5 Å². The van der Waals surface area contributed by atoms with Crippen LogP contribution in [-0.2, 0) is 0 Å². The highest BCUT2D eigenvalue weighted by molar-refractivity contribution is 5.32. The van der Waals surface area contributed by atoms with Crippen molar-refractivity contribution in [2.75, 3.05) is 26.2 Å². The summed E-state index contributed by atoms with van der Waals surface area (Å²) in [6, 6.07) is 14.0. The summed E-state index contributed by atoms with van der Waals surface area (Å²) in [5.74, 6) is 0.386. The van der Waals surface area contributed by atoms with E-state index in [9.17, 15) is 8.78 Å². The third-order valence-corrected chi connectivity index (χ3v) is 5.86. The Hall–Kier alpha value is -1.78. The normalized spacial score (nSPS) is 18.1. The van der Waals surface area contributed by atoms with Crippen LogP contribution in [0.4, 0.5) is 8.78 Å². The minimum atomic E-state index is -0.222. The van der Waals surface area contributed by atoms with Crippen molar-refractivity contribution in [3.63, 3.8) is 0 Å². The van der Waals surface area contributed by atoms with E-state index in [0.29, 0.717) is 12.0 Å². The van der Waals surface area contributed by atoms with Crippen LogP contribution < -0.4 is 5.32 Å². The molecule has 1 aliphatic heterocycles. The monoisotopic (exact) mass is 386 g/mol. The second-order valence-corrected chi connectivity index (χ2v) is 8.26. The molecule has 3 rings (SSSR count). The van der Waals surface area contributed by atoms with Gasteiger partial charge in [0.1, 0.15) is 11.6 Å². The maximum atomic E-state index is 13.3. The third-order valence-electron chi connectivity index (χ3n) is 5.86. The fourth-order valence-electron chi connectivity index (χ4n) is 4.09. The van der Waals surface area contributed by atoms with Crippen molar-refractivity contribution in [1.29, 1.82) is 0 Å². The molecule has 0 spiro atoms. The topological polar surface area (TPSA) is 15.3 Å². The number of halogens is 2. The molecule has 2 nitrogen and oxygen atoms in total. The van der Waals surface area contributed by atoms with Crippen LogP contribution in [0.25, 0.3) is 0 Å². The quantitative estimate of drug-likeness (QED) is 0.628. The smallest absolute Gasteiger partial charge is 0.123 e. The molecule has 152 valence electrons. The molecule has 0 bridgehead atoms. The Kier molecular flexibility index (Phi) is 7.57. The first-order valence-electron chi connectivity index (χ1n) is 10.5. The van der Waals surface area contributed by atoms with Crippen molar-refractivity contribution < 1.29 is 8.78 Å². The lowest BCUT2D eigenvalue weighted by Gasteiger charge is -2.35. The summed E-state index contributed by atoms with van der Waals surface area (Å²) in [7, 11) is 0. The molecule has 0 saturated carbocycles. The highest BCUT2D eigenvalue weighted by atomic mass is 19.1. The predicted molar refractivity (Wildman–Crippen MR) is 112 cm³/mol. The lowest BCUT2D eigenvalue weighted by molar-refractivity contribution is 0.172. The Morgan fingerprint density at radius 2 is 1.50 bits per heavy atom. The molecule has 0 aliphatic carbocycles. The molecule has 1 saturated heterocycles.